The molecule has 0 aliphatic carbocycles. The van der Waals surface area contributed by atoms with E-state index in [1.807, 2.05) is 6.92 Å². The molecule has 0 amide bonds. The zero-order valence-electron chi connectivity index (χ0n) is 11.8. The van der Waals surface area contributed by atoms with Gasteiger partial charge in [-0.05, 0) is 37.6 Å². The predicted molar refractivity (Wildman–Crippen MR) is 84.5 cm³/mol. The number of aryl methyl sites for hydroxylation is 1. The second-order valence-corrected chi connectivity index (χ2v) is 5.66. The maximum atomic E-state index is 12.4. The van der Waals surface area contributed by atoms with Crippen molar-refractivity contribution in [2.45, 2.75) is 26.7 Å². The number of anilines is 2. The van der Waals surface area contributed by atoms with Crippen LogP contribution >= 0.6 is 11.3 Å². The molecule has 0 fully saturated rings. The van der Waals surface area contributed by atoms with Crippen LogP contribution in [0, 0.1) is 6.92 Å². The molecule has 106 valence electrons. The van der Waals surface area contributed by atoms with Crippen LogP contribution in [0.4, 0.5) is 10.8 Å². The summed E-state index contributed by atoms with van der Waals surface area (Å²) in [6, 6.07) is 6.98. The quantitative estimate of drug-likeness (QED) is 0.485. The number of hydrogen-bond donors (Lipinski definition) is 2. The number of rotatable bonds is 6. The minimum Gasteiger partial charge on any atom is -0.399 e. The van der Waals surface area contributed by atoms with E-state index >= 15 is 0 Å². The molecule has 1 aromatic heterocycles. The molecular weight excluding hydrogens is 270 g/mol. The van der Waals surface area contributed by atoms with Gasteiger partial charge in [0.2, 0.25) is 5.78 Å². The van der Waals surface area contributed by atoms with Gasteiger partial charge in [0.1, 0.15) is 0 Å². The van der Waals surface area contributed by atoms with E-state index in [4.69, 9.17) is 5.73 Å². The lowest BCUT2D eigenvalue weighted by Crippen LogP contribution is -2.00. The number of ketones is 1. The Bertz CT molecular complexity index is 590. The standard InChI is InChI=1S/C15H19N3OS/c1-3-4-9-17-15-18-10(2)14(20-15)13(19)11-5-7-12(16)8-6-11/h5-8H,3-4,9,16H2,1-2H3,(H,17,18). The first kappa shape index (κ1) is 14.5. The fourth-order valence-electron chi connectivity index (χ4n) is 1.82. The highest BCUT2D eigenvalue weighted by atomic mass is 32.1. The van der Waals surface area contributed by atoms with Gasteiger partial charge < -0.3 is 11.1 Å². The zero-order valence-corrected chi connectivity index (χ0v) is 12.6. The van der Waals surface area contributed by atoms with Crippen molar-refractivity contribution in [2.24, 2.45) is 0 Å². The summed E-state index contributed by atoms with van der Waals surface area (Å²) in [5.41, 5.74) is 7.71. The van der Waals surface area contributed by atoms with Gasteiger partial charge in [-0.2, -0.15) is 0 Å². The van der Waals surface area contributed by atoms with Crippen molar-refractivity contribution >= 4 is 27.9 Å². The summed E-state index contributed by atoms with van der Waals surface area (Å²) in [5, 5.41) is 4.07. The Morgan fingerprint density at radius 3 is 2.70 bits per heavy atom. The number of carbonyl (C=O) groups is 1. The van der Waals surface area contributed by atoms with E-state index in [0.29, 0.717) is 16.1 Å². The summed E-state index contributed by atoms with van der Waals surface area (Å²) in [7, 11) is 0. The van der Waals surface area contributed by atoms with Crippen LogP contribution in [0.3, 0.4) is 0 Å². The van der Waals surface area contributed by atoms with Crippen molar-refractivity contribution in [2.75, 3.05) is 17.6 Å². The Morgan fingerprint density at radius 2 is 2.05 bits per heavy atom. The van der Waals surface area contributed by atoms with Crippen molar-refractivity contribution in [1.82, 2.24) is 4.98 Å². The Hall–Kier alpha value is -1.88. The van der Waals surface area contributed by atoms with Crippen molar-refractivity contribution in [3.8, 4) is 0 Å². The molecule has 0 bridgehead atoms. The average Bonchev–Trinajstić information content (AvgIpc) is 2.80. The Morgan fingerprint density at radius 1 is 1.35 bits per heavy atom. The Labute approximate surface area is 123 Å². The summed E-state index contributed by atoms with van der Waals surface area (Å²) in [6.07, 6.45) is 2.23. The fourth-order valence-corrected chi connectivity index (χ4v) is 2.77. The van der Waals surface area contributed by atoms with Gasteiger partial charge in [0, 0.05) is 17.8 Å². The van der Waals surface area contributed by atoms with Crippen molar-refractivity contribution in [1.29, 1.82) is 0 Å². The lowest BCUT2D eigenvalue weighted by molar-refractivity contribution is 0.104. The van der Waals surface area contributed by atoms with Crippen molar-refractivity contribution in [3.63, 3.8) is 0 Å². The molecule has 2 rings (SSSR count). The third kappa shape index (κ3) is 3.36. The second kappa shape index (κ2) is 6.52. The highest BCUT2D eigenvalue weighted by Crippen LogP contribution is 2.25. The van der Waals surface area contributed by atoms with Crippen LogP contribution < -0.4 is 11.1 Å². The molecule has 5 heteroatoms. The predicted octanol–water partition coefficient (Wildman–Crippen LogP) is 3.48. The molecule has 0 unspecified atom stereocenters. The monoisotopic (exact) mass is 289 g/mol. The zero-order chi connectivity index (χ0) is 14.5. The first-order chi connectivity index (χ1) is 9.61. The van der Waals surface area contributed by atoms with Crippen molar-refractivity contribution in [3.05, 3.63) is 40.4 Å². The molecule has 0 radical (unpaired) electrons. The van der Waals surface area contributed by atoms with Crippen LogP contribution in [0.25, 0.3) is 0 Å². The van der Waals surface area contributed by atoms with E-state index in [9.17, 15) is 4.79 Å². The van der Waals surface area contributed by atoms with Gasteiger partial charge in [-0.15, -0.1) is 0 Å². The summed E-state index contributed by atoms with van der Waals surface area (Å²) in [4.78, 5) is 17.5. The van der Waals surface area contributed by atoms with Gasteiger partial charge in [-0.25, -0.2) is 4.98 Å². The number of nitrogens with one attached hydrogen (secondary N) is 1. The SMILES string of the molecule is CCCCNc1nc(C)c(C(=O)c2ccc(N)cc2)s1. The van der Waals surface area contributed by atoms with Gasteiger partial charge in [0.15, 0.2) is 5.13 Å². The van der Waals surface area contributed by atoms with Crippen LogP contribution in [-0.2, 0) is 0 Å². The molecule has 3 N–H and O–H groups in total. The highest BCUT2D eigenvalue weighted by molar-refractivity contribution is 7.17. The Kier molecular flexibility index (Phi) is 4.74. The van der Waals surface area contributed by atoms with E-state index in [-0.39, 0.29) is 5.78 Å². The first-order valence-electron chi connectivity index (χ1n) is 6.73. The van der Waals surface area contributed by atoms with Gasteiger partial charge in [-0.1, -0.05) is 24.7 Å². The molecule has 1 aromatic carbocycles. The third-order valence-electron chi connectivity index (χ3n) is 2.98. The van der Waals surface area contributed by atoms with Crippen LogP contribution in [-0.4, -0.2) is 17.3 Å². The lowest BCUT2D eigenvalue weighted by atomic mass is 10.1. The van der Waals surface area contributed by atoms with Crippen molar-refractivity contribution < 1.29 is 4.79 Å². The molecule has 0 atom stereocenters. The molecule has 1 heterocycles. The number of nitrogens with two attached hydrogens (primary N) is 1. The van der Waals surface area contributed by atoms with Gasteiger partial charge in [0.25, 0.3) is 0 Å². The van der Waals surface area contributed by atoms with E-state index in [2.05, 4.69) is 17.2 Å². The molecular formula is C15H19N3OS. The maximum Gasteiger partial charge on any atom is 0.204 e. The highest BCUT2D eigenvalue weighted by Gasteiger charge is 2.16. The molecule has 0 saturated heterocycles. The van der Waals surface area contributed by atoms with Crippen LogP contribution in [0.15, 0.2) is 24.3 Å². The van der Waals surface area contributed by atoms with E-state index in [0.717, 1.165) is 30.2 Å². The number of unbranched alkanes of at least 4 members (excludes halogenated alkanes) is 1. The number of nitrogens with zero attached hydrogens (tertiary/aromatic N) is 1. The maximum absolute atomic E-state index is 12.4. The van der Waals surface area contributed by atoms with Gasteiger partial charge in [-0.3, -0.25) is 4.79 Å². The smallest absolute Gasteiger partial charge is 0.204 e. The molecule has 0 aliphatic heterocycles. The summed E-state index contributed by atoms with van der Waals surface area (Å²) in [5.74, 6) is 0.00328. The van der Waals surface area contributed by atoms with Gasteiger partial charge in [0.05, 0.1) is 10.6 Å². The summed E-state index contributed by atoms with van der Waals surface area (Å²) >= 11 is 1.41. The minimum atomic E-state index is 0.00328. The molecule has 20 heavy (non-hydrogen) atoms. The Balaban J connectivity index is 2.15. The van der Waals surface area contributed by atoms with Gasteiger partial charge >= 0.3 is 0 Å². The van der Waals surface area contributed by atoms with E-state index in [1.165, 1.54) is 11.3 Å². The van der Waals surface area contributed by atoms with Crippen LogP contribution in [0.5, 0.6) is 0 Å². The van der Waals surface area contributed by atoms with Crippen LogP contribution in [0.1, 0.15) is 40.7 Å². The number of thiazole rings is 1. The number of carbonyl (C=O) groups excluding carboxylic acids is 1. The minimum absolute atomic E-state index is 0.00328. The lowest BCUT2D eigenvalue weighted by Gasteiger charge is -2.00. The number of aromatic nitrogens is 1. The normalized spacial score (nSPS) is 10.5. The molecule has 0 saturated carbocycles. The summed E-state index contributed by atoms with van der Waals surface area (Å²) < 4.78 is 0. The molecule has 0 aliphatic rings. The van der Waals surface area contributed by atoms with E-state index < -0.39 is 0 Å². The van der Waals surface area contributed by atoms with E-state index in [1.54, 1.807) is 24.3 Å². The number of benzene rings is 1. The largest absolute Gasteiger partial charge is 0.399 e. The molecule has 0 spiro atoms. The second-order valence-electron chi connectivity index (χ2n) is 4.67. The number of hydrogen-bond acceptors (Lipinski definition) is 5. The summed E-state index contributed by atoms with van der Waals surface area (Å²) in [6.45, 7) is 4.90. The van der Waals surface area contributed by atoms with Crippen LogP contribution in [0.2, 0.25) is 0 Å². The topological polar surface area (TPSA) is 68.0 Å². The first-order valence-corrected chi connectivity index (χ1v) is 7.55. The molecule has 2 aromatic rings. The third-order valence-corrected chi connectivity index (χ3v) is 4.10. The molecule has 4 nitrogen and oxygen atoms in total. The number of nitrogen functional groups attached to an aromatic ring is 1. The average molecular weight is 289 g/mol. The fraction of sp³-hybridized carbons (Fsp3) is 0.333.